The molecule has 2 aromatic rings. The molecular weight excluding hydrogens is 877 g/mol. The highest BCUT2D eigenvalue weighted by Crippen LogP contribution is 2.33. The minimum atomic E-state index is -5.06. The maximum absolute atomic E-state index is 12.8. The van der Waals surface area contributed by atoms with E-state index >= 15 is 0 Å². The predicted molar refractivity (Wildman–Crippen MR) is 213 cm³/mol. The molecule has 0 heterocycles. The van der Waals surface area contributed by atoms with Crippen LogP contribution in [-0.2, 0) is 50.1 Å². The predicted octanol–water partition coefficient (Wildman–Crippen LogP) is 1.92. The molecule has 0 unspecified atom stereocenters. The molecule has 0 fully saturated rings. The SMILES string of the molecule is N=C1C=CC2=CC(S(=O)(=O)O)=CC(=O)C2=C1NNc1ccc(N=C(O)Nc2ccc(NNC3=C4C(=O)C=C(S(=O)(=O)O)C=C4C=CC3=N)c(S(=O)(=O)O)c2)cc1S(=O)(=O)O. The number of aliphatic hydroxyl groups excluding tert-OH is 1. The van der Waals surface area contributed by atoms with Gasteiger partial charge in [0.05, 0.1) is 60.8 Å². The molecule has 4 aliphatic carbocycles. The van der Waals surface area contributed by atoms with Crippen molar-refractivity contribution in [3.05, 3.63) is 129 Å². The van der Waals surface area contributed by atoms with Crippen LogP contribution in [0.15, 0.2) is 143 Å². The van der Waals surface area contributed by atoms with Crippen molar-refractivity contribution < 1.29 is 66.6 Å². The van der Waals surface area contributed by atoms with Gasteiger partial charge >= 0.3 is 0 Å². The van der Waals surface area contributed by atoms with Gasteiger partial charge in [-0.15, -0.1) is 0 Å². The molecular formula is C33H26N8O15S4. The molecule has 2 aromatic carbocycles. The summed E-state index contributed by atoms with van der Waals surface area (Å²) >= 11 is 0. The second-order valence-corrected chi connectivity index (χ2v) is 18.0. The number of nitrogens with one attached hydrogen (secondary N) is 7. The Hall–Kier alpha value is -6.85. The number of fused-ring (bicyclic) bond motifs is 2. The zero-order valence-corrected chi connectivity index (χ0v) is 32.7. The summed E-state index contributed by atoms with van der Waals surface area (Å²) < 4.78 is 134. The number of carbonyl (C=O) groups excluding carboxylic acids is 2. The first-order valence-corrected chi connectivity index (χ1v) is 21.8. The third-order valence-corrected chi connectivity index (χ3v) is 11.8. The highest BCUT2D eigenvalue weighted by Gasteiger charge is 2.31. The normalized spacial score (nSPS) is 17.3. The minimum Gasteiger partial charge on any atom is -0.480 e. The molecule has 27 heteroatoms. The lowest BCUT2D eigenvalue weighted by molar-refractivity contribution is -0.112. The number of hydrogen-bond acceptors (Lipinski definition) is 17. The van der Waals surface area contributed by atoms with Gasteiger partial charge < -0.3 is 10.4 Å². The lowest BCUT2D eigenvalue weighted by Crippen LogP contribution is -2.31. The van der Waals surface area contributed by atoms with Crippen LogP contribution in [-0.4, -0.2) is 86.0 Å². The molecule has 0 aliphatic heterocycles. The molecule has 0 radical (unpaired) electrons. The van der Waals surface area contributed by atoms with Crippen molar-refractivity contribution in [2.45, 2.75) is 9.79 Å². The van der Waals surface area contributed by atoms with Crippen LogP contribution in [0.25, 0.3) is 0 Å². The molecule has 23 nitrogen and oxygen atoms in total. The highest BCUT2D eigenvalue weighted by molar-refractivity contribution is 7.90. The summed E-state index contributed by atoms with van der Waals surface area (Å²) in [6, 6.07) is 5.05. The van der Waals surface area contributed by atoms with E-state index in [1.54, 1.807) is 0 Å². The van der Waals surface area contributed by atoms with E-state index in [4.69, 9.17) is 10.8 Å². The highest BCUT2D eigenvalue weighted by atomic mass is 32.2. The van der Waals surface area contributed by atoms with E-state index in [1.807, 2.05) is 0 Å². The van der Waals surface area contributed by atoms with E-state index in [0.29, 0.717) is 12.2 Å². The number of amidine groups is 1. The van der Waals surface area contributed by atoms with E-state index in [1.165, 1.54) is 30.4 Å². The van der Waals surface area contributed by atoms with Gasteiger partial charge in [0, 0.05) is 17.8 Å². The van der Waals surface area contributed by atoms with Crippen LogP contribution in [0.2, 0.25) is 0 Å². The number of anilines is 3. The average molecular weight is 903 g/mol. The number of carbonyl (C=O) groups is 2. The molecule has 4 aliphatic rings. The molecule has 12 N–H and O–H groups in total. The lowest BCUT2D eigenvalue weighted by Gasteiger charge is -2.23. The fourth-order valence-corrected chi connectivity index (χ4v) is 8.12. The van der Waals surface area contributed by atoms with Crippen molar-refractivity contribution in [2.75, 3.05) is 16.2 Å². The van der Waals surface area contributed by atoms with E-state index in [0.717, 1.165) is 42.5 Å². The molecule has 0 amide bonds. The van der Waals surface area contributed by atoms with E-state index < -0.39 is 77.7 Å². The molecule has 6 rings (SSSR count). The van der Waals surface area contributed by atoms with Gasteiger partial charge in [-0.2, -0.15) is 38.7 Å². The number of hydrogen-bond donors (Lipinski definition) is 12. The van der Waals surface area contributed by atoms with Crippen molar-refractivity contribution in [3.63, 3.8) is 0 Å². The van der Waals surface area contributed by atoms with Gasteiger partial charge in [-0.05, 0) is 71.8 Å². The van der Waals surface area contributed by atoms with Crippen molar-refractivity contribution >= 4 is 92.2 Å². The van der Waals surface area contributed by atoms with Gasteiger partial charge in [0.15, 0.2) is 11.6 Å². The fraction of sp³-hybridized carbons (Fsp3) is 0. The van der Waals surface area contributed by atoms with Crippen molar-refractivity contribution in [1.82, 2.24) is 10.9 Å². The van der Waals surface area contributed by atoms with Crippen LogP contribution in [0.4, 0.5) is 22.7 Å². The molecule has 0 atom stereocenters. The smallest absolute Gasteiger partial charge is 0.296 e. The summed E-state index contributed by atoms with van der Waals surface area (Å²) in [6.07, 6.45) is 8.02. The number of aliphatic hydroxyl groups is 1. The van der Waals surface area contributed by atoms with Crippen LogP contribution in [0.5, 0.6) is 0 Å². The Bertz CT molecular complexity index is 3140. The summed E-state index contributed by atoms with van der Waals surface area (Å²) in [5.74, 6) is -1.84. The summed E-state index contributed by atoms with van der Waals surface area (Å²) in [5, 5.41) is 29.4. The Morgan fingerprint density at radius 3 is 1.42 bits per heavy atom. The van der Waals surface area contributed by atoms with Crippen LogP contribution in [0, 0.1) is 10.8 Å². The Kier molecular flexibility index (Phi) is 11.0. The number of aliphatic imine (C=N–C) groups is 1. The number of hydrazine groups is 2. The number of nitrogens with zero attached hydrogens (tertiary/aromatic N) is 1. The first kappa shape index (κ1) is 42.7. The quantitative estimate of drug-likeness (QED) is 0.0626. The largest absolute Gasteiger partial charge is 0.480 e. The number of benzene rings is 2. The van der Waals surface area contributed by atoms with E-state index in [-0.39, 0.29) is 67.9 Å². The lowest BCUT2D eigenvalue weighted by atomic mass is 9.89. The van der Waals surface area contributed by atoms with Gasteiger partial charge in [-0.3, -0.25) is 60.3 Å². The van der Waals surface area contributed by atoms with Crippen LogP contribution >= 0.6 is 0 Å². The monoisotopic (exact) mass is 902 g/mol. The van der Waals surface area contributed by atoms with Gasteiger partial charge in [0.25, 0.3) is 46.5 Å². The van der Waals surface area contributed by atoms with Gasteiger partial charge in [0.2, 0.25) is 0 Å². The Labute approximate surface area is 338 Å². The van der Waals surface area contributed by atoms with Crippen LogP contribution in [0.1, 0.15) is 0 Å². The number of rotatable bonds is 12. The second-order valence-electron chi connectivity index (χ2n) is 12.4. The van der Waals surface area contributed by atoms with E-state index in [9.17, 15) is 66.6 Å². The summed E-state index contributed by atoms with van der Waals surface area (Å²) in [7, 11) is -19.6. The fourth-order valence-electron chi connectivity index (χ4n) is 5.71. The van der Waals surface area contributed by atoms with Crippen LogP contribution < -0.4 is 27.0 Å². The number of allylic oxidation sites excluding steroid dienone is 12. The van der Waals surface area contributed by atoms with Crippen molar-refractivity contribution in [3.8, 4) is 0 Å². The van der Waals surface area contributed by atoms with E-state index in [2.05, 4.69) is 32.0 Å². The molecule has 312 valence electrons. The van der Waals surface area contributed by atoms with Gasteiger partial charge in [-0.25, -0.2) is 0 Å². The maximum atomic E-state index is 12.8. The first-order valence-electron chi connectivity index (χ1n) is 16.1. The summed E-state index contributed by atoms with van der Waals surface area (Å²) in [4.78, 5) is 26.3. The molecule has 0 spiro atoms. The minimum absolute atomic E-state index is 0.00486. The van der Waals surface area contributed by atoms with Crippen molar-refractivity contribution in [1.29, 1.82) is 10.8 Å². The zero-order valence-electron chi connectivity index (χ0n) is 29.5. The third kappa shape index (κ3) is 9.06. The van der Waals surface area contributed by atoms with Crippen molar-refractivity contribution in [2.24, 2.45) is 4.99 Å². The Morgan fingerprint density at radius 1 is 0.550 bits per heavy atom. The Morgan fingerprint density at radius 2 is 0.983 bits per heavy atom. The topological polar surface area (TPSA) is 392 Å². The third-order valence-electron chi connectivity index (χ3n) is 8.34. The Balaban J connectivity index is 1.22. The molecule has 0 saturated carbocycles. The molecule has 0 bridgehead atoms. The summed E-state index contributed by atoms with van der Waals surface area (Å²) in [6.45, 7) is 0. The second kappa shape index (κ2) is 15.4. The molecule has 0 aromatic heterocycles. The van der Waals surface area contributed by atoms with Crippen LogP contribution in [0.3, 0.4) is 0 Å². The summed E-state index contributed by atoms with van der Waals surface area (Å²) in [5.41, 5.74) is 7.06. The molecule has 60 heavy (non-hydrogen) atoms. The number of ketones is 2. The molecule has 0 saturated heterocycles. The first-order chi connectivity index (χ1) is 27.8. The van der Waals surface area contributed by atoms with Gasteiger partial charge in [0.1, 0.15) is 9.79 Å². The zero-order chi connectivity index (χ0) is 44.1. The standard InChI is InChI=1S/C33H26N8O15S4/c34-21-5-1-15-9-19(57(45,46)47)13-25(42)29(15)31(21)40-38-23-7-3-17(11-27(23)59(51,52)53)36-33(44)37-18-4-8-24(28(12-18)60(54,55)56)39-41-32-22(35)6-2-16-10-20(58(48,49)50)14-26(43)30(16)32/h1-14,34-35,38-41H,(H2,36,37,44)(H,45,46,47)(H,48,49,50)(H,51,52,53)(H,54,55,56). The van der Waals surface area contributed by atoms with Gasteiger partial charge in [-0.1, -0.05) is 12.2 Å². The maximum Gasteiger partial charge on any atom is 0.296 e. The average Bonchev–Trinajstić information content (AvgIpc) is 3.13.